The number of aromatic nitrogens is 4. The summed E-state index contributed by atoms with van der Waals surface area (Å²) in [6.07, 6.45) is 6.43. The summed E-state index contributed by atoms with van der Waals surface area (Å²) in [7, 11) is 0. The molecule has 8 nitrogen and oxygen atoms in total. The number of ether oxygens (including phenoxy) is 1. The van der Waals surface area contributed by atoms with Gasteiger partial charge in [0, 0.05) is 44.2 Å². The van der Waals surface area contributed by atoms with Crippen LogP contribution in [0.15, 0.2) is 23.3 Å². The average molecular weight is 359 g/mol. The highest BCUT2D eigenvalue weighted by molar-refractivity contribution is 5.91. The van der Waals surface area contributed by atoms with Crippen molar-refractivity contribution in [2.24, 2.45) is 11.3 Å². The third kappa shape index (κ3) is 3.02. The van der Waals surface area contributed by atoms with Crippen molar-refractivity contribution < 1.29 is 13.9 Å². The normalized spacial score (nSPS) is 22.4. The number of oxazole rings is 1. The fourth-order valence-electron chi connectivity index (χ4n) is 4.31. The monoisotopic (exact) mass is 359 g/mol. The Morgan fingerprint density at radius 1 is 1.38 bits per heavy atom. The number of carbonyl (C=O) groups is 1. The third-order valence-electron chi connectivity index (χ3n) is 5.59. The Hall–Kier alpha value is -2.22. The third-order valence-corrected chi connectivity index (χ3v) is 5.59. The van der Waals surface area contributed by atoms with Crippen molar-refractivity contribution in [3.8, 4) is 0 Å². The highest BCUT2D eigenvalue weighted by atomic mass is 16.5. The van der Waals surface area contributed by atoms with Crippen LogP contribution < -0.4 is 0 Å². The van der Waals surface area contributed by atoms with E-state index in [0.29, 0.717) is 19.0 Å². The second-order valence-electron chi connectivity index (χ2n) is 7.81. The molecule has 4 heterocycles. The summed E-state index contributed by atoms with van der Waals surface area (Å²) < 4.78 is 13.0. The van der Waals surface area contributed by atoms with Crippen molar-refractivity contribution in [1.82, 2.24) is 24.6 Å². The van der Waals surface area contributed by atoms with Gasteiger partial charge in [-0.25, -0.2) is 4.98 Å². The van der Waals surface area contributed by atoms with Gasteiger partial charge in [0.2, 0.25) is 5.76 Å². The van der Waals surface area contributed by atoms with E-state index in [1.807, 2.05) is 11.2 Å². The summed E-state index contributed by atoms with van der Waals surface area (Å²) in [6, 6.07) is 0. The minimum Gasteiger partial charge on any atom is -0.438 e. The molecule has 2 aromatic rings. The number of likely N-dealkylation sites (tertiary alicyclic amines) is 1. The zero-order valence-electron chi connectivity index (χ0n) is 15.3. The van der Waals surface area contributed by atoms with Gasteiger partial charge < -0.3 is 18.6 Å². The predicted molar refractivity (Wildman–Crippen MR) is 92.5 cm³/mol. The lowest BCUT2D eigenvalue weighted by Crippen LogP contribution is -2.37. The Morgan fingerprint density at radius 2 is 2.19 bits per heavy atom. The zero-order chi connectivity index (χ0) is 18.1. The molecule has 26 heavy (non-hydrogen) atoms. The Morgan fingerprint density at radius 3 is 2.88 bits per heavy atom. The van der Waals surface area contributed by atoms with Crippen LogP contribution in [0.2, 0.25) is 0 Å². The number of rotatable bonds is 4. The average Bonchev–Trinajstić information content (AvgIpc) is 3.35. The SMILES string of the molecule is CC(C)Cn1cnnc1C1CN(C(=O)c2cnco2)CC12CCOCC2. The molecule has 0 aliphatic carbocycles. The molecule has 2 saturated heterocycles. The van der Waals surface area contributed by atoms with E-state index in [2.05, 4.69) is 33.6 Å². The van der Waals surface area contributed by atoms with Gasteiger partial charge in [0.05, 0.1) is 6.20 Å². The van der Waals surface area contributed by atoms with Crippen LogP contribution >= 0.6 is 0 Å². The summed E-state index contributed by atoms with van der Waals surface area (Å²) in [5.74, 6) is 1.82. The Labute approximate surface area is 152 Å². The quantitative estimate of drug-likeness (QED) is 0.829. The second-order valence-corrected chi connectivity index (χ2v) is 7.81. The highest BCUT2D eigenvalue weighted by Crippen LogP contribution is 2.49. The Balaban J connectivity index is 1.65. The van der Waals surface area contributed by atoms with Crippen molar-refractivity contribution in [2.45, 2.75) is 39.2 Å². The highest BCUT2D eigenvalue weighted by Gasteiger charge is 2.51. The van der Waals surface area contributed by atoms with E-state index >= 15 is 0 Å². The van der Waals surface area contributed by atoms with Crippen molar-refractivity contribution >= 4 is 5.91 Å². The number of amides is 1. The molecule has 8 heteroatoms. The molecule has 0 aromatic carbocycles. The maximum absolute atomic E-state index is 12.8. The standard InChI is InChI=1S/C18H25N5O3/c1-13(2)8-23-11-20-21-16(23)14-9-22(17(24)15-7-19-12-26-15)10-18(14)3-5-25-6-4-18/h7,11-14H,3-6,8-10H2,1-2H3. The van der Waals surface area contributed by atoms with Gasteiger partial charge in [-0.3, -0.25) is 4.79 Å². The molecular weight excluding hydrogens is 334 g/mol. The summed E-state index contributed by atoms with van der Waals surface area (Å²) >= 11 is 0. The van der Waals surface area contributed by atoms with Crippen molar-refractivity contribution in [1.29, 1.82) is 0 Å². The minimum atomic E-state index is -0.106. The van der Waals surface area contributed by atoms with Crippen molar-refractivity contribution in [3.05, 3.63) is 30.5 Å². The fourth-order valence-corrected chi connectivity index (χ4v) is 4.31. The van der Waals surface area contributed by atoms with Gasteiger partial charge in [0.1, 0.15) is 12.2 Å². The smallest absolute Gasteiger partial charge is 0.291 e. The minimum absolute atomic E-state index is 0.0182. The summed E-state index contributed by atoms with van der Waals surface area (Å²) in [4.78, 5) is 18.6. The van der Waals surface area contributed by atoms with Crippen molar-refractivity contribution in [2.75, 3.05) is 26.3 Å². The topological polar surface area (TPSA) is 86.3 Å². The molecule has 2 aromatic heterocycles. The molecule has 0 bridgehead atoms. The van der Waals surface area contributed by atoms with E-state index in [-0.39, 0.29) is 23.0 Å². The lowest BCUT2D eigenvalue weighted by Gasteiger charge is -2.37. The van der Waals surface area contributed by atoms with E-state index < -0.39 is 0 Å². The van der Waals surface area contributed by atoms with Crippen molar-refractivity contribution in [3.63, 3.8) is 0 Å². The molecule has 1 unspecified atom stereocenters. The molecule has 2 fully saturated rings. The summed E-state index contributed by atoms with van der Waals surface area (Å²) in [5.41, 5.74) is -0.0182. The van der Waals surface area contributed by atoms with Gasteiger partial charge in [-0.1, -0.05) is 13.8 Å². The Bertz CT molecular complexity index is 749. The first-order chi connectivity index (χ1) is 12.6. The summed E-state index contributed by atoms with van der Waals surface area (Å²) in [5, 5.41) is 8.62. The lowest BCUT2D eigenvalue weighted by atomic mass is 9.71. The fraction of sp³-hybridized carbons (Fsp3) is 0.667. The molecule has 2 aliphatic rings. The first-order valence-corrected chi connectivity index (χ1v) is 9.22. The van der Waals surface area contributed by atoms with Crippen LogP contribution in [0.25, 0.3) is 0 Å². The lowest BCUT2D eigenvalue weighted by molar-refractivity contribution is 0.0105. The molecule has 0 radical (unpaired) electrons. The van der Waals surface area contributed by atoms with E-state index in [4.69, 9.17) is 9.15 Å². The summed E-state index contributed by atoms with van der Waals surface area (Å²) in [6.45, 7) is 8.00. The van der Waals surface area contributed by atoms with E-state index in [1.54, 1.807) is 0 Å². The van der Waals surface area contributed by atoms with Gasteiger partial charge >= 0.3 is 0 Å². The van der Waals surface area contributed by atoms with Gasteiger partial charge in [0.15, 0.2) is 6.39 Å². The maximum atomic E-state index is 12.8. The van der Waals surface area contributed by atoms with Crippen LogP contribution in [-0.2, 0) is 11.3 Å². The van der Waals surface area contributed by atoms with Gasteiger partial charge in [0.25, 0.3) is 5.91 Å². The predicted octanol–water partition coefficient (Wildman–Crippen LogP) is 1.96. The van der Waals surface area contributed by atoms with Crippen LogP contribution in [0.3, 0.4) is 0 Å². The van der Waals surface area contributed by atoms with E-state index in [1.165, 1.54) is 12.6 Å². The molecule has 1 spiro atoms. The number of hydrogen-bond donors (Lipinski definition) is 0. The van der Waals surface area contributed by atoms with Crippen LogP contribution in [0.4, 0.5) is 0 Å². The van der Waals surface area contributed by atoms with Gasteiger partial charge in [-0.2, -0.15) is 0 Å². The van der Waals surface area contributed by atoms with E-state index in [9.17, 15) is 4.79 Å². The molecule has 0 saturated carbocycles. The van der Waals surface area contributed by atoms with Crippen LogP contribution in [0.1, 0.15) is 49.0 Å². The number of hydrogen-bond acceptors (Lipinski definition) is 6. The first-order valence-electron chi connectivity index (χ1n) is 9.22. The van der Waals surface area contributed by atoms with Crippen LogP contribution in [-0.4, -0.2) is 56.9 Å². The molecule has 4 rings (SSSR count). The molecule has 0 N–H and O–H groups in total. The molecule has 1 atom stereocenters. The van der Waals surface area contributed by atoms with Gasteiger partial charge in [-0.15, -0.1) is 10.2 Å². The maximum Gasteiger partial charge on any atom is 0.291 e. The molecule has 1 amide bonds. The number of carbonyl (C=O) groups excluding carboxylic acids is 1. The van der Waals surface area contributed by atoms with Gasteiger partial charge in [-0.05, 0) is 18.8 Å². The van der Waals surface area contributed by atoms with E-state index in [0.717, 1.165) is 38.4 Å². The molecular formula is C18H25N5O3. The van der Waals surface area contributed by atoms with Crippen LogP contribution in [0.5, 0.6) is 0 Å². The first kappa shape index (κ1) is 17.2. The zero-order valence-corrected chi connectivity index (χ0v) is 15.3. The molecule has 2 aliphatic heterocycles. The largest absolute Gasteiger partial charge is 0.438 e. The van der Waals surface area contributed by atoms with Crippen LogP contribution in [0, 0.1) is 11.3 Å². The molecule has 140 valence electrons. The second kappa shape index (κ2) is 6.83. The Kier molecular flexibility index (Phi) is 4.52. The number of nitrogens with zero attached hydrogens (tertiary/aromatic N) is 5.